The molecule has 2 aliphatic rings. The van der Waals surface area contributed by atoms with Crippen molar-refractivity contribution >= 4 is 0 Å². The average Bonchev–Trinajstić information content (AvgIpc) is 2.96. The van der Waals surface area contributed by atoms with E-state index in [1.54, 1.807) is 0 Å². The summed E-state index contributed by atoms with van der Waals surface area (Å²) in [6.45, 7) is 17.0. The standard InChI is InChI=1S/C29H56O12/c1-29(2,27-23-38-19-15-34-11-7-30-3-4-31-8-12-35-16-20-39-24-27)28-25-40-21-17-36-13-9-32-5-6-33-10-14-37-18-22-41-26-28/h27-28H,3-26H2,1-2H3. The van der Waals surface area contributed by atoms with Crippen molar-refractivity contribution in [1.29, 1.82) is 0 Å². The van der Waals surface area contributed by atoms with Crippen molar-refractivity contribution in [2.75, 3.05) is 159 Å². The van der Waals surface area contributed by atoms with Crippen LogP contribution in [0.2, 0.25) is 0 Å². The Morgan fingerprint density at radius 1 is 0.268 bits per heavy atom. The van der Waals surface area contributed by atoms with Crippen molar-refractivity contribution in [2.45, 2.75) is 13.8 Å². The Kier molecular flexibility index (Phi) is 23.3. The quantitative estimate of drug-likeness (QED) is 0.460. The van der Waals surface area contributed by atoms with Gasteiger partial charge in [-0.15, -0.1) is 0 Å². The first-order valence-corrected chi connectivity index (χ1v) is 15.1. The topological polar surface area (TPSA) is 111 Å². The Morgan fingerprint density at radius 3 is 0.585 bits per heavy atom. The molecule has 0 amide bonds. The maximum atomic E-state index is 6.07. The lowest BCUT2D eigenvalue weighted by molar-refractivity contribution is -0.0898. The van der Waals surface area contributed by atoms with Gasteiger partial charge in [0.25, 0.3) is 0 Å². The van der Waals surface area contributed by atoms with E-state index in [4.69, 9.17) is 56.8 Å². The van der Waals surface area contributed by atoms with Gasteiger partial charge in [0.2, 0.25) is 0 Å². The molecule has 12 heteroatoms. The number of hydrogen-bond acceptors (Lipinski definition) is 12. The zero-order valence-corrected chi connectivity index (χ0v) is 25.5. The van der Waals surface area contributed by atoms with Crippen LogP contribution in [0.3, 0.4) is 0 Å². The Balaban J connectivity index is 1.93. The Morgan fingerprint density at radius 2 is 0.415 bits per heavy atom. The van der Waals surface area contributed by atoms with E-state index in [0.29, 0.717) is 159 Å². The summed E-state index contributed by atoms with van der Waals surface area (Å²) in [7, 11) is 0. The van der Waals surface area contributed by atoms with Crippen molar-refractivity contribution in [2.24, 2.45) is 17.3 Å². The van der Waals surface area contributed by atoms with Crippen LogP contribution in [0.1, 0.15) is 13.8 Å². The largest absolute Gasteiger partial charge is 0.379 e. The van der Waals surface area contributed by atoms with Gasteiger partial charge in [-0.05, 0) is 5.41 Å². The molecule has 0 aliphatic carbocycles. The van der Waals surface area contributed by atoms with E-state index in [1.165, 1.54) is 0 Å². The first-order chi connectivity index (χ1) is 20.2. The Labute approximate surface area is 246 Å². The van der Waals surface area contributed by atoms with Crippen LogP contribution in [0.15, 0.2) is 0 Å². The van der Waals surface area contributed by atoms with Crippen LogP contribution < -0.4 is 0 Å². The SMILES string of the molecule is CC(C)(C1COCCOCCOCCOCCOCCOC1)C1COCCOCCOCCOCCOCCOC1. The van der Waals surface area contributed by atoms with E-state index in [-0.39, 0.29) is 17.3 Å². The minimum atomic E-state index is -0.218. The van der Waals surface area contributed by atoms with Gasteiger partial charge in [-0.3, -0.25) is 0 Å². The molecule has 0 saturated carbocycles. The van der Waals surface area contributed by atoms with E-state index >= 15 is 0 Å². The normalized spacial score (nSPS) is 25.0. The van der Waals surface area contributed by atoms with Crippen molar-refractivity contribution in [1.82, 2.24) is 0 Å². The number of ether oxygens (including phenoxy) is 12. The summed E-state index contributed by atoms with van der Waals surface area (Å²) in [5.41, 5.74) is -0.218. The van der Waals surface area contributed by atoms with Gasteiger partial charge in [0.1, 0.15) is 0 Å². The number of rotatable bonds is 2. The summed E-state index contributed by atoms with van der Waals surface area (Å²) < 4.78 is 69.0. The van der Waals surface area contributed by atoms with Crippen LogP contribution >= 0.6 is 0 Å². The minimum Gasteiger partial charge on any atom is -0.379 e. The lowest BCUT2D eigenvalue weighted by Crippen LogP contribution is -2.43. The molecule has 41 heavy (non-hydrogen) atoms. The van der Waals surface area contributed by atoms with Gasteiger partial charge in [-0.25, -0.2) is 0 Å². The fraction of sp³-hybridized carbons (Fsp3) is 1.00. The lowest BCUT2D eigenvalue weighted by Gasteiger charge is -2.41. The first-order valence-electron chi connectivity index (χ1n) is 15.1. The highest BCUT2D eigenvalue weighted by Gasteiger charge is 2.38. The van der Waals surface area contributed by atoms with Crippen LogP contribution in [0, 0.1) is 17.3 Å². The summed E-state index contributed by atoms with van der Waals surface area (Å²) >= 11 is 0. The second-order valence-electron chi connectivity index (χ2n) is 10.4. The molecule has 0 spiro atoms. The molecular weight excluding hydrogens is 540 g/mol. The highest BCUT2D eigenvalue weighted by molar-refractivity contribution is 4.85. The van der Waals surface area contributed by atoms with Gasteiger partial charge in [-0.1, -0.05) is 13.8 Å². The van der Waals surface area contributed by atoms with E-state index in [9.17, 15) is 0 Å². The molecule has 2 fully saturated rings. The summed E-state index contributed by atoms with van der Waals surface area (Å²) in [6.07, 6.45) is 0. The van der Waals surface area contributed by atoms with Gasteiger partial charge in [0.15, 0.2) is 0 Å². The predicted molar refractivity (Wildman–Crippen MR) is 151 cm³/mol. The third-order valence-electron chi connectivity index (χ3n) is 7.10. The Hall–Kier alpha value is -0.480. The lowest BCUT2D eigenvalue weighted by atomic mass is 9.70. The molecule has 0 aromatic rings. The van der Waals surface area contributed by atoms with E-state index in [2.05, 4.69) is 13.8 Å². The molecule has 0 unspecified atom stereocenters. The van der Waals surface area contributed by atoms with Crippen molar-refractivity contribution in [3.8, 4) is 0 Å². The zero-order chi connectivity index (χ0) is 29.1. The summed E-state index contributed by atoms with van der Waals surface area (Å²) in [5, 5.41) is 0. The van der Waals surface area contributed by atoms with Crippen LogP contribution in [-0.2, 0) is 56.8 Å². The van der Waals surface area contributed by atoms with Crippen LogP contribution in [0.5, 0.6) is 0 Å². The van der Waals surface area contributed by atoms with Gasteiger partial charge < -0.3 is 56.8 Å². The molecule has 2 rings (SSSR count). The van der Waals surface area contributed by atoms with Gasteiger partial charge in [0.05, 0.1) is 159 Å². The highest BCUT2D eigenvalue weighted by Crippen LogP contribution is 2.37. The summed E-state index contributed by atoms with van der Waals surface area (Å²) in [6, 6.07) is 0. The second kappa shape index (κ2) is 26.0. The molecule has 2 saturated heterocycles. The Bertz CT molecular complexity index is 482. The van der Waals surface area contributed by atoms with Crippen molar-refractivity contribution in [3.05, 3.63) is 0 Å². The van der Waals surface area contributed by atoms with Crippen LogP contribution in [-0.4, -0.2) is 159 Å². The molecule has 0 N–H and O–H groups in total. The second-order valence-corrected chi connectivity index (χ2v) is 10.4. The third kappa shape index (κ3) is 19.4. The first kappa shape index (κ1) is 36.7. The maximum Gasteiger partial charge on any atom is 0.0701 e. The van der Waals surface area contributed by atoms with E-state index < -0.39 is 0 Å². The number of hydrogen-bond donors (Lipinski definition) is 0. The third-order valence-corrected chi connectivity index (χ3v) is 7.10. The van der Waals surface area contributed by atoms with Crippen molar-refractivity contribution in [3.63, 3.8) is 0 Å². The van der Waals surface area contributed by atoms with Crippen molar-refractivity contribution < 1.29 is 56.8 Å². The fourth-order valence-corrected chi connectivity index (χ4v) is 4.19. The molecular formula is C29H56O12. The smallest absolute Gasteiger partial charge is 0.0701 e. The van der Waals surface area contributed by atoms with Crippen LogP contribution in [0.25, 0.3) is 0 Å². The average molecular weight is 597 g/mol. The van der Waals surface area contributed by atoms with Gasteiger partial charge in [0, 0.05) is 11.8 Å². The minimum absolute atomic E-state index is 0.0943. The molecule has 244 valence electrons. The summed E-state index contributed by atoms with van der Waals surface area (Å²) in [5.74, 6) is 0.189. The zero-order valence-electron chi connectivity index (χ0n) is 25.5. The monoisotopic (exact) mass is 596 g/mol. The molecule has 2 aliphatic heterocycles. The van der Waals surface area contributed by atoms with Crippen LogP contribution in [0.4, 0.5) is 0 Å². The molecule has 0 aromatic carbocycles. The summed E-state index contributed by atoms with van der Waals surface area (Å²) in [4.78, 5) is 0. The molecule has 0 atom stereocenters. The molecule has 0 radical (unpaired) electrons. The fourth-order valence-electron chi connectivity index (χ4n) is 4.19. The van der Waals surface area contributed by atoms with E-state index in [0.717, 1.165) is 0 Å². The molecule has 0 aromatic heterocycles. The predicted octanol–water partition coefficient (Wildman–Crippen LogP) is 1.47. The highest BCUT2D eigenvalue weighted by atomic mass is 16.6. The molecule has 2 heterocycles. The molecule has 0 bridgehead atoms. The maximum absolute atomic E-state index is 6.07. The van der Waals surface area contributed by atoms with E-state index in [1.807, 2.05) is 0 Å². The molecule has 12 nitrogen and oxygen atoms in total. The van der Waals surface area contributed by atoms with Gasteiger partial charge in [-0.2, -0.15) is 0 Å². The van der Waals surface area contributed by atoms with Gasteiger partial charge >= 0.3 is 0 Å².